The molecule has 24 heavy (non-hydrogen) atoms. The Labute approximate surface area is 139 Å². The van der Waals surface area contributed by atoms with Gasteiger partial charge in [-0.05, 0) is 24.3 Å². The van der Waals surface area contributed by atoms with Crippen molar-refractivity contribution in [2.45, 2.75) is 17.9 Å². The van der Waals surface area contributed by atoms with Crippen molar-refractivity contribution in [2.75, 3.05) is 26.7 Å². The molecule has 132 valence electrons. The van der Waals surface area contributed by atoms with Gasteiger partial charge >= 0.3 is 0 Å². The van der Waals surface area contributed by atoms with E-state index in [0.717, 1.165) is 4.31 Å². The summed E-state index contributed by atoms with van der Waals surface area (Å²) in [4.78, 5) is 24.8. The fourth-order valence-corrected chi connectivity index (χ4v) is 4.08. The number of amides is 2. The van der Waals surface area contributed by atoms with Crippen molar-refractivity contribution in [3.63, 3.8) is 0 Å². The molecule has 2 rings (SSSR count). The lowest BCUT2D eigenvalue weighted by atomic mass is 10.2. The van der Waals surface area contributed by atoms with E-state index in [1.165, 1.54) is 48.7 Å². The van der Waals surface area contributed by atoms with Crippen LogP contribution in [-0.4, -0.2) is 67.4 Å². The van der Waals surface area contributed by atoms with Crippen LogP contribution in [0.1, 0.15) is 6.92 Å². The molecule has 0 saturated carbocycles. The molecule has 1 unspecified atom stereocenters. The minimum Gasteiger partial charge on any atom is -0.497 e. The minimum atomic E-state index is -3.97. The van der Waals surface area contributed by atoms with Crippen molar-refractivity contribution in [3.05, 3.63) is 24.3 Å². The molecule has 9 nitrogen and oxygen atoms in total. The van der Waals surface area contributed by atoms with Gasteiger partial charge < -0.3 is 9.64 Å². The summed E-state index contributed by atoms with van der Waals surface area (Å²) in [5.74, 6) is -0.662. The molecule has 0 spiro atoms. The molecule has 0 aromatic heterocycles. The number of benzene rings is 1. The topological polar surface area (TPSA) is 116 Å². The fourth-order valence-electron chi connectivity index (χ4n) is 2.51. The number of hydrogen-bond acceptors (Lipinski definition) is 6. The van der Waals surface area contributed by atoms with Crippen LogP contribution >= 0.6 is 0 Å². The van der Waals surface area contributed by atoms with Gasteiger partial charge in [-0.15, -0.1) is 0 Å². The summed E-state index contributed by atoms with van der Waals surface area (Å²) in [5.41, 5.74) is 1.46. The lowest BCUT2D eigenvalue weighted by Crippen LogP contribution is -2.60. The Kier molecular flexibility index (Phi) is 5.42. The van der Waals surface area contributed by atoms with Gasteiger partial charge in [-0.1, -0.05) is 0 Å². The van der Waals surface area contributed by atoms with E-state index < -0.39 is 22.0 Å². The first-order valence-corrected chi connectivity index (χ1v) is 8.60. The van der Waals surface area contributed by atoms with Crippen LogP contribution < -0.4 is 10.2 Å². The summed E-state index contributed by atoms with van der Waals surface area (Å²) in [6.07, 6.45) is 0. The third-order valence-corrected chi connectivity index (χ3v) is 5.78. The predicted molar refractivity (Wildman–Crippen MR) is 82.9 cm³/mol. The van der Waals surface area contributed by atoms with Crippen molar-refractivity contribution in [1.82, 2.24) is 14.7 Å². The van der Waals surface area contributed by atoms with Gasteiger partial charge in [-0.3, -0.25) is 14.8 Å². The zero-order valence-corrected chi connectivity index (χ0v) is 14.1. The molecule has 0 bridgehead atoms. The second-order valence-corrected chi connectivity index (χ2v) is 7.14. The Balaban J connectivity index is 2.35. The molecule has 1 aromatic carbocycles. The van der Waals surface area contributed by atoms with Gasteiger partial charge in [0.1, 0.15) is 11.8 Å². The van der Waals surface area contributed by atoms with Gasteiger partial charge in [-0.2, -0.15) is 4.31 Å². The van der Waals surface area contributed by atoms with Crippen LogP contribution in [0.25, 0.3) is 0 Å². The van der Waals surface area contributed by atoms with E-state index in [1.807, 2.05) is 0 Å². The second kappa shape index (κ2) is 7.16. The smallest absolute Gasteiger partial charge is 0.263 e. The highest BCUT2D eigenvalue weighted by molar-refractivity contribution is 7.89. The van der Waals surface area contributed by atoms with E-state index in [9.17, 15) is 18.0 Å². The van der Waals surface area contributed by atoms with Crippen LogP contribution in [-0.2, 0) is 19.6 Å². The molecule has 1 aliphatic heterocycles. The van der Waals surface area contributed by atoms with Crippen LogP contribution in [0.3, 0.4) is 0 Å². The average Bonchev–Trinajstić information content (AvgIpc) is 2.60. The Morgan fingerprint density at radius 1 is 1.25 bits per heavy atom. The number of sulfonamides is 1. The van der Waals surface area contributed by atoms with Crippen LogP contribution in [0.4, 0.5) is 0 Å². The Hall–Kier alpha value is -2.17. The molecule has 1 heterocycles. The number of ether oxygens (including phenoxy) is 1. The number of carbonyl (C=O) groups is 2. The molecule has 1 fully saturated rings. The third-order valence-electron chi connectivity index (χ3n) is 3.86. The Morgan fingerprint density at radius 2 is 1.88 bits per heavy atom. The summed E-state index contributed by atoms with van der Waals surface area (Å²) < 4.78 is 31.6. The number of methoxy groups -OCH3 is 1. The molecule has 1 atom stereocenters. The number of piperazine rings is 1. The maximum atomic E-state index is 12.8. The van der Waals surface area contributed by atoms with Gasteiger partial charge in [0.25, 0.3) is 5.91 Å². The number of nitrogens with zero attached hydrogens (tertiary/aromatic N) is 2. The summed E-state index contributed by atoms with van der Waals surface area (Å²) in [7, 11) is -2.51. The lowest BCUT2D eigenvalue weighted by Gasteiger charge is -2.38. The van der Waals surface area contributed by atoms with Crippen molar-refractivity contribution in [1.29, 1.82) is 0 Å². The van der Waals surface area contributed by atoms with E-state index in [4.69, 9.17) is 9.94 Å². The summed E-state index contributed by atoms with van der Waals surface area (Å²) in [5, 5.41) is 8.89. The molecule has 1 aliphatic rings. The highest BCUT2D eigenvalue weighted by atomic mass is 32.2. The SMILES string of the molecule is COc1ccc(S(=O)(=O)N2CCN(C(C)=O)CC2C(=O)NO)cc1. The van der Waals surface area contributed by atoms with Crippen LogP contribution in [0.15, 0.2) is 29.2 Å². The molecule has 2 N–H and O–H groups in total. The molecule has 1 saturated heterocycles. The van der Waals surface area contributed by atoms with Crippen molar-refractivity contribution in [3.8, 4) is 5.75 Å². The highest BCUT2D eigenvalue weighted by Gasteiger charge is 2.40. The van der Waals surface area contributed by atoms with Gasteiger partial charge in [0.15, 0.2) is 0 Å². The summed E-state index contributed by atoms with van der Waals surface area (Å²) in [6.45, 7) is 1.32. The van der Waals surface area contributed by atoms with Gasteiger partial charge in [0.2, 0.25) is 15.9 Å². The zero-order chi connectivity index (χ0) is 17.9. The van der Waals surface area contributed by atoms with Crippen molar-refractivity contribution >= 4 is 21.8 Å². The zero-order valence-electron chi connectivity index (χ0n) is 13.3. The average molecular weight is 357 g/mol. The number of rotatable bonds is 4. The van der Waals surface area contributed by atoms with Crippen molar-refractivity contribution < 1.29 is 28.0 Å². The first kappa shape index (κ1) is 18.2. The van der Waals surface area contributed by atoms with E-state index in [2.05, 4.69) is 0 Å². The summed E-state index contributed by atoms with van der Waals surface area (Å²) >= 11 is 0. The maximum Gasteiger partial charge on any atom is 0.263 e. The molecular weight excluding hydrogens is 338 g/mol. The molecule has 1 aromatic rings. The number of hydroxylamine groups is 1. The van der Waals surface area contributed by atoms with E-state index in [0.29, 0.717) is 5.75 Å². The lowest BCUT2D eigenvalue weighted by molar-refractivity contribution is -0.138. The maximum absolute atomic E-state index is 12.8. The van der Waals surface area contributed by atoms with Gasteiger partial charge in [-0.25, -0.2) is 13.9 Å². The molecule has 0 aliphatic carbocycles. The third kappa shape index (κ3) is 3.50. The quantitative estimate of drug-likeness (QED) is 0.550. The van der Waals surface area contributed by atoms with Crippen LogP contribution in [0.5, 0.6) is 5.75 Å². The monoisotopic (exact) mass is 357 g/mol. The van der Waals surface area contributed by atoms with Crippen LogP contribution in [0, 0.1) is 0 Å². The molecule has 2 amide bonds. The van der Waals surface area contributed by atoms with Gasteiger partial charge in [0.05, 0.1) is 12.0 Å². The standard InChI is InChI=1S/C14H19N3O6S/c1-10(18)16-7-8-17(13(9-16)14(19)15-20)24(21,22)12-5-3-11(23-2)4-6-12/h3-6,13,20H,7-9H2,1-2H3,(H,15,19). The summed E-state index contributed by atoms with van der Waals surface area (Å²) in [6, 6.07) is 4.54. The second-order valence-electron chi connectivity index (χ2n) is 5.25. The Morgan fingerprint density at radius 3 is 2.38 bits per heavy atom. The largest absolute Gasteiger partial charge is 0.497 e. The first-order chi connectivity index (χ1) is 11.3. The van der Waals surface area contributed by atoms with E-state index in [-0.39, 0.29) is 30.4 Å². The Bertz CT molecular complexity index is 719. The normalized spacial score (nSPS) is 19.0. The predicted octanol–water partition coefficient (Wildman–Crippen LogP) is -0.578. The molecule has 0 radical (unpaired) electrons. The van der Waals surface area contributed by atoms with Gasteiger partial charge in [0, 0.05) is 26.6 Å². The van der Waals surface area contributed by atoms with Crippen molar-refractivity contribution in [2.24, 2.45) is 0 Å². The fraction of sp³-hybridized carbons (Fsp3) is 0.429. The van der Waals surface area contributed by atoms with Crippen LogP contribution in [0.2, 0.25) is 0 Å². The number of hydrogen-bond donors (Lipinski definition) is 2. The highest BCUT2D eigenvalue weighted by Crippen LogP contribution is 2.23. The molecule has 10 heteroatoms. The minimum absolute atomic E-state index is 0.00434. The molecular formula is C14H19N3O6S. The number of carbonyl (C=O) groups excluding carboxylic acids is 2. The first-order valence-electron chi connectivity index (χ1n) is 7.16. The number of nitrogens with one attached hydrogen (secondary N) is 1. The van der Waals surface area contributed by atoms with E-state index >= 15 is 0 Å². The van der Waals surface area contributed by atoms with E-state index in [1.54, 1.807) is 0 Å².